The Morgan fingerprint density at radius 1 is 0.794 bits per heavy atom. The average molecular weight is 474 g/mol. The average Bonchev–Trinajstić information content (AvgIpc) is 3.15. The minimum atomic E-state index is -1.36. The number of benzene rings is 3. The third kappa shape index (κ3) is 3.70. The van der Waals surface area contributed by atoms with Gasteiger partial charge in [-0.05, 0) is 36.1 Å². The second kappa shape index (κ2) is 9.07. The first-order valence-corrected chi connectivity index (χ1v) is 11.9. The molecule has 2 aliphatic rings. The molecule has 3 aromatic rings. The maximum absolute atomic E-state index is 14.0. The zero-order valence-corrected chi connectivity index (χ0v) is 19.3. The Balaban J connectivity index is 1.55. The van der Waals surface area contributed by atoms with Gasteiger partial charge in [0.15, 0.2) is 6.10 Å². The van der Waals surface area contributed by atoms with Gasteiger partial charge in [-0.3, -0.25) is 14.5 Å². The minimum Gasteiger partial charge on any atom is -0.451 e. The van der Waals surface area contributed by atoms with Crippen LogP contribution in [0.4, 0.5) is 0 Å². The minimum absolute atomic E-state index is 0.162. The van der Waals surface area contributed by atoms with Crippen LogP contribution in [0.5, 0.6) is 0 Å². The molecule has 0 atom stereocenters. The summed E-state index contributed by atoms with van der Waals surface area (Å²) >= 11 is 6.29. The Morgan fingerprint density at radius 3 is 1.94 bits per heavy atom. The lowest BCUT2D eigenvalue weighted by Gasteiger charge is -2.41. The van der Waals surface area contributed by atoms with Gasteiger partial charge in [0.25, 0.3) is 11.8 Å². The van der Waals surface area contributed by atoms with E-state index >= 15 is 0 Å². The predicted molar refractivity (Wildman–Crippen MR) is 129 cm³/mol. The van der Waals surface area contributed by atoms with E-state index in [9.17, 15) is 14.4 Å². The number of imide groups is 1. The standard InChI is InChI=1S/C28H24ClNO4/c29-22-16-10-15-21-23(22)26(32)30(25(21)31)28(17-8-3-9-18-28)27(33)34-24(19-11-4-1-5-12-19)20-13-6-2-7-14-20/h1-2,4-7,10-16,24H,3,8-9,17-18H2. The van der Waals surface area contributed by atoms with Crippen LogP contribution in [0.25, 0.3) is 0 Å². The number of amides is 2. The van der Waals surface area contributed by atoms with E-state index < -0.39 is 29.4 Å². The van der Waals surface area contributed by atoms with Crippen LogP contribution in [-0.2, 0) is 9.53 Å². The molecule has 34 heavy (non-hydrogen) atoms. The number of carbonyl (C=O) groups is 3. The molecule has 0 aromatic heterocycles. The van der Waals surface area contributed by atoms with Crippen molar-refractivity contribution in [2.45, 2.75) is 43.7 Å². The highest BCUT2D eigenvalue weighted by molar-refractivity contribution is 6.37. The van der Waals surface area contributed by atoms with Gasteiger partial charge in [0, 0.05) is 0 Å². The molecule has 0 bridgehead atoms. The monoisotopic (exact) mass is 473 g/mol. The molecule has 0 spiro atoms. The third-order valence-corrected chi connectivity index (χ3v) is 7.10. The fourth-order valence-electron chi connectivity index (χ4n) is 5.09. The van der Waals surface area contributed by atoms with Gasteiger partial charge in [0.05, 0.1) is 16.1 Å². The van der Waals surface area contributed by atoms with Crippen molar-refractivity contribution in [3.8, 4) is 0 Å². The second-order valence-corrected chi connectivity index (χ2v) is 9.21. The molecule has 1 fully saturated rings. The van der Waals surface area contributed by atoms with E-state index in [0.29, 0.717) is 12.8 Å². The molecule has 1 aliphatic heterocycles. The number of ether oxygens (including phenoxy) is 1. The number of esters is 1. The summed E-state index contributed by atoms with van der Waals surface area (Å²) < 4.78 is 6.19. The maximum Gasteiger partial charge on any atom is 0.333 e. The highest BCUT2D eigenvalue weighted by Gasteiger charge is 2.55. The van der Waals surface area contributed by atoms with Gasteiger partial charge < -0.3 is 4.74 Å². The van der Waals surface area contributed by atoms with E-state index in [1.807, 2.05) is 60.7 Å². The van der Waals surface area contributed by atoms with Crippen molar-refractivity contribution in [2.24, 2.45) is 0 Å². The van der Waals surface area contributed by atoms with Crippen LogP contribution in [0.3, 0.4) is 0 Å². The summed E-state index contributed by atoms with van der Waals surface area (Å²) in [6.45, 7) is 0. The van der Waals surface area contributed by atoms with Crippen LogP contribution in [0.15, 0.2) is 78.9 Å². The lowest BCUT2D eigenvalue weighted by Crippen LogP contribution is -2.59. The van der Waals surface area contributed by atoms with Crippen LogP contribution in [-0.4, -0.2) is 28.2 Å². The first-order valence-electron chi connectivity index (χ1n) is 11.5. The first kappa shape index (κ1) is 22.4. The molecular formula is C28H24ClNO4. The molecule has 6 heteroatoms. The molecule has 3 aromatic carbocycles. The molecule has 2 amide bonds. The number of carbonyl (C=O) groups excluding carboxylic acids is 3. The highest BCUT2D eigenvalue weighted by atomic mass is 35.5. The largest absolute Gasteiger partial charge is 0.451 e. The fourth-order valence-corrected chi connectivity index (χ4v) is 5.34. The Labute approximate surface area is 203 Å². The number of hydrogen-bond donors (Lipinski definition) is 0. The van der Waals surface area contributed by atoms with E-state index in [1.165, 1.54) is 0 Å². The SMILES string of the molecule is O=C1c2cccc(Cl)c2C(=O)N1C1(C(=O)OC(c2ccccc2)c2ccccc2)CCCCC1. The Hall–Kier alpha value is -3.44. The molecule has 0 radical (unpaired) electrons. The molecule has 1 saturated carbocycles. The summed E-state index contributed by atoms with van der Waals surface area (Å²) in [6, 6.07) is 23.8. The predicted octanol–water partition coefficient (Wildman–Crippen LogP) is 5.97. The number of halogens is 1. The van der Waals surface area contributed by atoms with Crippen molar-refractivity contribution in [3.05, 3.63) is 106 Å². The van der Waals surface area contributed by atoms with Crippen LogP contribution < -0.4 is 0 Å². The molecule has 172 valence electrons. The van der Waals surface area contributed by atoms with Crippen molar-refractivity contribution in [1.82, 2.24) is 4.90 Å². The smallest absolute Gasteiger partial charge is 0.333 e. The van der Waals surface area contributed by atoms with Gasteiger partial charge in [-0.25, -0.2) is 4.79 Å². The summed E-state index contributed by atoms with van der Waals surface area (Å²) in [5.41, 5.74) is 0.667. The van der Waals surface area contributed by atoms with Gasteiger partial charge in [0.1, 0.15) is 5.54 Å². The summed E-state index contributed by atoms with van der Waals surface area (Å²) in [7, 11) is 0. The molecule has 5 nitrogen and oxygen atoms in total. The van der Waals surface area contributed by atoms with Gasteiger partial charge in [-0.15, -0.1) is 0 Å². The summed E-state index contributed by atoms with van der Waals surface area (Å²) in [6.07, 6.45) is 2.44. The topological polar surface area (TPSA) is 63.7 Å². The normalized spacial score (nSPS) is 17.1. The van der Waals surface area contributed by atoms with Gasteiger partial charge in [-0.1, -0.05) is 97.6 Å². The van der Waals surface area contributed by atoms with Crippen molar-refractivity contribution < 1.29 is 19.1 Å². The third-order valence-electron chi connectivity index (χ3n) is 6.78. The number of rotatable bonds is 5. The molecular weight excluding hydrogens is 450 g/mol. The van der Waals surface area contributed by atoms with E-state index in [4.69, 9.17) is 16.3 Å². The molecule has 1 aliphatic carbocycles. The summed E-state index contributed by atoms with van der Waals surface area (Å²) in [4.78, 5) is 42.0. The zero-order valence-electron chi connectivity index (χ0n) is 18.6. The Bertz CT molecular complexity index is 1200. The summed E-state index contributed by atoms with van der Waals surface area (Å²) in [5, 5.41) is 0.212. The number of nitrogens with zero attached hydrogens (tertiary/aromatic N) is 1. The lowest BCUT2D eigenvalue weighted by atomic mass is 9.80. The van der Waals surface area contributed by atoms with Gasteiger partial charge in [0.2, 0.25) is 0 Å². The van der Waals surface area contributed by atoms with Crippen molar-refractivity contribution in [1.29, 1.82) is 0 Å². The van der Waals surface area contributed by atoms with Crippen LogP contribution >= 0.6 is 11.6 Å². The summed E-state index contributed by atoms with van der Waals surface area (Å²) in [5.74, 6) is -1.58. The lowest BCUT2D eigenvalue weighted by molar-refractivity contribution is -0.161. The van der Waals surface area contributed by atoms with Crippen LogP contribution in [0, 0.1) is 0 Å². The Kier molecular flexibility index (Phi) is 5.96. The van der Waals surface area contributed by atoms with Crippen LogP contribution in [0.2, 0.25) is 5.02 Å². The Morgan fingerprint density at radius 2 is 1.38 bits per heavy atom. The quantitative estimate of drug-likeness (QED) is 0.338. The zero-order chi connectivity index (χ0) is 23.7. The maximum atomic E-state index is 14.0. The number of fused-ring (bicyclic) bond motifs is 1. The van der Waals surface area contributed by atoms with E-state index in [-0.39, 0.29) is 16.1 Å². The van der Waals surface area contributed by atoms with Gasteiger partial charge in [-0.2, -0.15) is 0 Å². The fraction of sp³-hybridized carbons (Fsp3) is 0.250. The first-order chi connectivity index (χ1) is 16.5. The molecule has 5 rings (SSSR count). The second-order valence-electron chi connectivity index (χ2n) is 8.81. The van der Waals surface area contributed by atoms with E-state index in [0.717, 1.165) is 35.3 Å². The molecule has 0 unspecified atom stereocenters. The highest BCUT2D eigenvalue weighted by Crippen LogP contribution is 2.42. The van der Waals surface area contributed by atoms with Gasteiger partial charge >= 0.3 is 5.97 Å². The molecule has 0 N–H and O–H groups in total. The van der Waals surface area contributed by atoms with Crippen molar-refractivity contribution >= 4 is 29.4 Å². The van der Waals surface area contributed by atoms with E-state index in [1.54, 1.807) is 18.2 Å². The molecule has 0 saturated heterocycles. The van der Waals surface area contributed by atoms with Crippen LogP contribution in [0.1, 0.15) is 70.1 Å². The van der Waals surface area contributed by atoms with Crippen molar-refractivity contribution in [3.63, 3.8) is 0 Å². The number of hydrogen-bond acceptors (Lipinski definition) is 4. The van der Waals surface area contributed by atoms with Crippen molar-refractivity contribution in [2.75, 3.05) is 0 Å². The van der Waals surface area contributed by atoms with E-state index in [2.05, 4.69) is 0 Å². The molecule has 1 heterocycles.